The van der Waals surface area contributed by atoms with Gasteiger partial charge in [-0.25, -0.2) is 0 Å². The van der Waals surface area contributed by atoms with Crippen LogP contribution in [0.4, 0.5) is 0 Å². The van der Waals surface area contributed by atoms with E-state index in [4.69, 9.17) is 9.15 Å². The first-order valence-electron chi connectivity index (χ1n) is 10.2. The smallest absolute Gasteiger partial charge is 0.310 e. The molecular weight excluding hydrogens is 378 g/mol. The standard InChI is InChI=1S/C25H25NO4/c1-17-8-9-22-21(15-30-25(22)18(17)2)14-24(28)29-16-23(27)26-12-10-20(11-13-26)19-6-4-3-5-7-19/h3-10,15H,11-14,16H2,1-2H3. The number of carbonyl (C=O) groups is 2. The number of rotatable bonds is 5. The maximum Gasteiger partial charge on any atom is 0.310 e. The number of ether oxygens (including phenoxy) is 1. The predicted octanol–water partition coefficient (Wildman–Crippen LogP) is 4.45. The number of benzene rings is 2. The molecule has 4 rings (SSSR count). The molecule has 2 heterocycles. The van der Waals surface area contributed by atoms with Crippen LogP contribution in [0.15, 0.2) is 59.2 Å². The summed E-state index contributed by atoms with van der Waals surface area (Å²) in [5.41, 5.74) is 6.21. The number of esters is 1. The van der Waals surface area contributed by atoms with Gasteiger partial charge < -0.3 is 14.1 Å². The molecule has 0 spiro atoms. The zero-order valence-corrected chi connectivity index (χ0v) is 17.3. The van der Waals surface area contributed by atoms with E-state index in [0.29, 0.717) is 13.1 Å². The largest absolute Gasteiger partial charge is 0.464 e. The van der Waals surface area contributed by atoms with Crippen LogP contribution in [0.1, 0.15) is 28.7 Å². The number of hydrogen-bond acceptors (Lipinski definition) is 4. The number of furan rings is 1. The van der Waals surface area contributed by atoms with Crippen molar-refractivity contribution >= 4 is 28.4 Å². The highest BCUT2D eigenvalue weighted by Crippen LogP contribution is 2.27. The molecule has 0 atom stereocenters. The van der Waals surface area contributed by atoms with E-state index in [1.54, 1.807) is 11.2 Å². The van der Waals surface area contributed by atoms with Gasteiger partial charge in [-0.05, 0) is 42.5 Å². The van der Waals surface area contributed by atoms with Crippen LogP contribution in [0.25, 0.3) is 16.5 Å². The van der Waals surface area contributed by atoms with Gasteiger partial charge in [0.05, 0.1) is 12.7 Å². The lowest BCUT2D eigenvalue weighted by molar-refractivity contribution is -0.151. The van der Waals surface area contributed by atoms with E-state index in [1.807, 2.05) is 44.2 Å². The Balaban J connectivity index is 1.31. The van der Waals surface area contributed by atoms with Gasteiger partial charge in [-0.2, -0.15) is 0 Å². The minimum atomic E-state index is -0.429. The summed E-state index contributed by atoms with van der Waals surface area (Å²) in [5.74, 6) is -0.600. The summed E-state index contributed by atoms with van der Waals surface area (Å²) in [6, 6.07) is 14.1. The van der Waals surface area contributed by atoms with Crippen LogP contribution in [-0.2, 0) is 20.7 Å². The number of fused-ring (bicyclic) bond motifs is 1. The summed E-state index contributed by atoms with van der Waals surface area (Å²) in [7, 11) is 0. The molecule has 1 aliphatic heterocycles. The van der Waals surface area contributed by atoms with Crippen molar-refractivity contribution in [2.45, 2.75) is 26.7 Å². The van der Waals surface area contributed by atoms with Crippen molar-refractivity contribution in [1.82, 2.24) is 4.90 Å². The summed E-state index contributed by atoms with van der Waals surface area (Å²) in [6.45, 7) is 4.95. The predicted molar refractivity (Wildman–Crippen MR) is 116 cm³/mol. The fraction of sp³-hybridized carbons (Fsp3) is 0.280. The van der Waals surface area contributed by atoms with Crippen molar-refractivity contribution in [3.8, 4) is 0 Å². The molecule has 0 unspecified atom stereocenters. The van der Waals surface area contributed by atoms with Gasteiger partial charge in [-0.15, -0.1) is 0 Å². The molecule has 0 saturated heterocycles. The lowest BCUT2D eigenvalue weighted by Crippen LogP contribution is -2.37. The van der Waals surface area contributed by atoms with Crippen LogP contribution in [0.2, 0.25) is 0 Å². The van der Waals surface area contributed by atoms with Crippen LogP contribution in [0.3, 0.4) is 0 Å². The number of aryl methyl sites for hydroxylation is 2. The molecule has 1 aromatic heterocycles. The molecule has 3 aromatic rings. The van der Waals surface area contributed by atoms with Crippen LogP contribution in [-0.4, -0.2) is 36.5 Å². The van der Waals surface area contributed by atoms with Gasteiger partial charge in [0.25, 0.3) is 5.91 Å². The van der Waals surface area contributed by atoms with Gasteiger partial charge in [0.15, 0.2) is 6.61 Å². The first-order valence-corrected chi connectivity index (χ1v) is 10.2. The number of nitrogens with zero attached hydrogens (tertiary/aromatic N) is 1. The molecule has 1 amide bonds. The highest BCUT2D eigenvalue weighted by Gasteiger charge is 2.20. The normalized spacial score (nSPS) is 13.9. The average molecular weight is 403 g/mol. The van der Waals surface area contributed by atoms with Crippen molar-refractivity contribution in [3.05, 3.63) is 77.1 Å². The molecule has 0 radical (unpaired) electrons. The third-order valence-electron chi connectivity index (χ3n) is 5.74. The molecular formula is C25H25NO4. The number of amides is 1. The summed E-state index contributed by atoms with van der Waals surface area (Å²) >= 11 is 0. The Morgan fingerprint density at radius 1 is 1.10 bits per heavy atom. The quantitative estimate of drug-likeness (QED) is 0.591. The molecule has 154 valence electrons. The summed E-state index contributed by atoms with van der Waals surface area (Å²) < 4.78 is 10.9. The lowest BCUT2D eigenvalue weighted by Gasteiger charge is -2.26. The van der Waals surface area contributed by atoms with E-state index in [-0.39, 0.29) is 18.9 Å². The Bertz CT molecular complexity index is 1110. The maximum absolute atomic E-state index is 12.4. The molecule has 5 heteroatoms. The van der Waals surface area contributed by atoms with Gasteiger partial charge in [0, 0.05) is 24.0 Å². The van der Waals surface area contributed by atoms with Crippen LogP contribution >= 0.6 is 0 Å². The molecule has 0 N–H and O–H groups in total. The van der Waals surface area contributed by atoms with Crippen molar-refractivity contribution in [1.29, 1.82) is 0 Å². The van der Waals surface area contributed by atoms with Gasteiger partial charge in [0.2, 0.25) is 0 Å². The molecule has 0 aliphatic carbocycles. The Morgan fingerprint density at radius 3 is 2.63 bits per heavy atom. The first-order chi connectivity index (χ1) is 14.5. The molecule has 0 fully saturated rings. The van der Waals surface area contributed by atoms with Gasteiger partial charge in [-0.1, -0.05) is 48.5 Å². The second-order valence-electron chi connectivity index (χ2n) is 7.67. The van der Waals surface area contributed by atoms with Crippen LogP contribution in [0, 0.1) is 13.8 Å². The fourth-order valence-electron chi connectivity index (χ4n) is 3.78. The van der Waals surface area contributed by atoms with Crippen molar-refractivity contribution in [2.75, 3.05) is 19.7 Å². The minimum absolute atomic E-state index is 0.0842. The SMILES string of the molecule is Cc1ccc2c(CC(=O)OCC(=O)N3CC=C(c4ccccc4)CC3)coc2c1C. The second-order valence-corrected chi connectivity index (χ2v) is 7.67. The van der Waals surface area contributed by atoms with Crippen LogP contribution in [0.5, 0.6) is 0 Å². The zero-order chi connectivity index (χ0) is 21.1. The third kappa shape index (κ3) is 4.15. The highest BCUT2D eigenvalue weighted by molar-refractivity contribution is 5.89. The summed E-state index contributed by atoms with van der Waals surface area (Å²) in [4.78, 5) is 26.4. The van der Waals surface area contributed by atoms with Gasteiger partial charge in [0.1, 0.15) is 5.58 Å². The summed E-state index contributed by atoms with van der Waals surface area (Å²) in [5, 5.41) is 0.913. The molecule has 0 bridgehead atoms. The van der Waals surface area contributed by atoms with E-state index in [2.05, 4.69) is 18.2 Å². The molecule has 30 heavy (non-hydrogen) atoms. The Morgan fingerprint density at radius 2 is 1.90 bits per heavy atom. The Hall–Kier alpha value is -3.34. The highest BCUT2D eigenvalue weighted by atomic mass is 16.5. The van der Waals surface area contributed by atoms with Gasteiger partial charge >= 0.3 is 5.97 Å². The first kappa shape index (κ1) is 20.0. The van der Waals surface area contributed by atoms with Crippen LogP contribution < -0.4 is 0 Å². The van der Waals surface area contributed by atoms with E-state index in [1.165, 1.54) is 11.1 Å². The monoisotopic (exact) mass is 403 g/mol. The topological polar surface area (TPSA) is 59.8 Å². The fourth-order valence-corrected chi connectivity index (χ4v) is 3.78. The van der Waals surface area contributed by atoms with E-state index in [9.17, 15) is 9.59 Å². The minimum Gasteiger partial charge on any atom is -0.464 e. The maximum atomic E-state index is 12.4. The zero-order valence-electron chi connectivity index (χ0n) is 17.3. The van der Waals surface area contributed by atoms with Crippen molar-refractivity contribution < 1.29 is 18.7 Å². The Kier molecular flexibility index (Phi) is 5.70. The Labute approximate surface area is 175 Å². The average Bonchev–Trinajstić information content (AvgIpc) is 3.18. The lowest BCUT2D eigenvalue weighted by atomic mass is 10.00. The molecule has 5 nitrogen and oxygen atoms in total. The number of hydrogen-bond donors (Lipinski definition) is 0. The second kappa shape index (κ2) is 8.57. The summed E-state index contributed by atoms with van der Waals surface area (Å²) in [6.07, 6.45) is 4.55. The third-order valence-corrected chi connectivity index (χ3v) is 5.74. The molecule has 1 aliphatic rings. The molecule has 0 saturated carbocycles. The van der Waals surface area contributed by atoms with E-state index >= 15 is 0 Å². The van der Waals surface area contributed by atoms with Gasteiger partial charge in [-0.3, -0.25) is 9.59 Å². The van der Waals surface area contributed by atoms with Crippen molar-refractivity contribution in [2.24, 2.45) is 0 Å². The van der Waals surface area contributed by atoms with E-state index in [0.717, 1.165) is 34.1 Å². The number of carbonyl (C=O) groups excluding carboxylic acids is 2. The van der Waals surface area contributed by atoms with E-state index < -0.39 is 5.97 Å². The van der Waals surface area contributed by atoms with Crippen molar-refractivity contribution in [3.63, 3.8) is 0 Å². The molecule has 2 aromatic carbocycles.